The average Bonchev–Trinajstić information content (AvgIpc) is 2.83. The van der Waals surface area contributed by atoms with E-state index in [9.17, 15) is 14.4 Å². The van der Waals surface area contributed by atoms with E-state index < -0.39 is 23.7 Å². The molecule has 0 bridgehead atoms. The van der Waals surface area contributed by atoms with E-state index in [1.807, 2.05) is 44.2 Å². The van der Waals surface area contributed by atoms with E-state index in [1.54, 1.807) is 6.08 Å². The van der Waals surface area contributed by atoms with Crippen molar-refractivity contribution in [2.45, 2.75) is 77.7 Å². The highest BCUT2D eigenvalue weighted by Gasteiger charge is 2.34. The Balaban J connectivity index is 1.93. The van der Waals surface area contributed by atoms with E-state index in [1.165, 1.54) is 6.42 Å². The van der Waals surface area contributed by atoms with Gasteiger partial charge in [-0.3, -0.25) is 14.4 Å². The molecule has 2 N–H and O–H groups in total. The second kappa shape index (κ2) is 14.5. The lowest BCUT2D eigenvalue weighted by atomic mass is 9.82. The fourth-order valence-corrected chi connectivity index (χ4v) is 4.12. The van der Waals surface area contributed by atoms with Gasteiger partial charge in [-0.15, -0.1) is 6.58 Å². The van der Waals surface area contributed by atoms with Crippen LogP contribution in [-0.4, -0.2) is 23.9 Å². The maximum absolute atomic E-state index is 12.9. The van der Waals surface area contributed by atoms with Crippen LogP contribution in [0.5, 0.6) is 0 Å². The lowest BCUT2D eigenvalue weighted by molar-refractivity contribution is -0.162. The van der Waals surface area contributed by atoms with Crippen molar-refractivity contribution in [3.8, 4) is 0 Å². The second-order valence-electron chi connectivity index (χ2n) is 9.14. The van der Waals surface area contributed by atoms with Crippen LogP contribution in [0, 0.1) is 17.8 Å². The van der Waals surface area contributed by atoms with Gasteiger partial charge in [-0.05, 0) is 43.6 Å². The van der Waals surface area contributed by atoms with Gasteiger partial charge in [0.15, 0.2) is 0 Å². The molecular formula is C26H38N2O5. The van der Waals surface area contributed by atoms with Crippen molar-refractivity contribution in [3.05, 3.63) is 48.6 Å². The van der Waals surface area contributed by atoms with Gasteiger partial charge < -0.3 is 4.84 Å². The van der Waals surface area contributed by atoms with Crippen LogP contribution in [0.25, 0.3) is 0 Å². The van der Waals surface area contributed by atoms with Crippen LogP contribution >= 0.6 is 0 Å². The summed E-state index contributed by atoms with van der Waals surface area (Å²) in [5.41, 5.74) is 5.87. The topological polar surface area (TPSA) is 93.7 Å². The van der Waals surface area contributed by atoms with Crippen molar-refractivity contribution in [3.63, 3.8) is 0 Å². The Kier molecular flexibility index (Phi) is 11.7. The Labute approximate surface area is 197 Å². The lowest BCUT2D eigenvalue weighted by Crippen LogP contribution is -2.44. The first-order valence-corrected chi connectivity index (χ1v) is 12.0. The van der Waals surface area contributed by atoms with Crippen LogP contribution in [0.4, 0.5) is 0 Å². The quantitative estimate of drug-likeness (QED) is 0.357. The van der Waals surface area contributed by atoms with Gasteiger partial charge in [-0.1, -0.05) is 69.5 Å². The smallest absolute Gasteiger partial charge is 0.332 e. The summed E-state index contributed by atoms with van der Waals surface area (Å²) in [6.07, 6.45) is 8.27. The highest BCUT2D eigenvalue weighted by molar-refractivity contribution is 5.87. The zero-order valence-corrected chi connectivity index (χ0v) is 19.9. The minimum absolute atomic E-state index is 0.00928. The van der Waals surface area contributed by atoms with E-state index >= 15 is 0 Å². The van der Waals surface area contributed by atoms with Gasteiger partial charge in [0, 0.05) is 0 Å². The molecule has 0 unspecified atom stereocenters. The Morgan fingerprint density at radius 2 is 1.70 bits per heavy atom. The van der Waals surface area contributed by atoms with Crippen molar-refractivity contribution in [2.75, 3.05) is 0 Å². The maximum Gasteiger partial charge on any atom is 0.332 e. The number of hydrogen-bond acceptors (Lipinski definition) is 5. The molecule has 2 rings (SSSR count). The summed E-state index contributed by atoms with van der Waals surface area (Å²) in [6, 6.07) is 9.58. The van der Waals surface area contributed by atoms with Crippen LogP contribution < -0.4 is 11.0 Å². The van der Waals surface area contributed by atoms with Gasteiger partial charge in [0.05, 0.1) is 24.4 Å². The first kappa shape index (κ1) is 26.6. The van der Waals surface area contributed by atoms with E-state index in [0.29, 0.717) is 19.3 Å². The summed E-state index contributed by atoms with van der Waals surface area (Å²) in [5.74, 6) is -2.56. The largest absolute Gasteiger partial charge is 0.341 e. The summed E-state index contributed by atoms with van der Waals surface area (Å²) in [6.45, 7) is 7.70. The lowest BCUT2D eigenvalue weighted by Gasteiger charge is -2.27. The van der Waals surface area contributed by atoms with E-state index in [-0.39, 0.29) is 24.3 Å². The fourth-order valence-electron chi connectivity index (χ4n) is 4.12. The molecule has 182 valence electrons. The molecule has 0 spiro atoms. The standard InChI is InChI=1S/C26H38N2O5/c1-4-11-22(25(30)27-32-21-14-9-6-10-15-21)23(18-19(2)3)26(31)28-33-24(29)17-16-20-12-7-5-8-13-20/h4-5,7-8,12-13,19,21-23H,1,6,9-11,14-18H2,2-3H3,(H,27,30)(H,28,31)/t22-,23+/m0/s1. The number of hydroxylamine groups is 2. The van der Waals surface area contributed by atoms with Crippen molar-refractivity contribution < 1.29 is 24.1 Å². The molecule has 1 aliphatic rings. The molecule has 0 aromatic heterocycles. The second-order valence-corrected chi connectivity index (χ2v) is 9.14. The Morgan fingerprint density at radius 3 is 2.33 bits per heavy atom. The third-order valence-electron chi connectivity index (χ3n) is 5.91. The number of carbonyl (C=O) groups is 3. The summed E-state index contributed by atoms with van der Waals surface area (Å²) >= 11 is 0. The summed E-state index contributed by atoms with van der Waals surface area (Å²) < 4.78 is 0. The number of nitrogens with one attached hydrogen (secondary N) is 2. The molecule has 7 nitrogen and oxygen atoms in total. The van der Waals surface area contributed by atoms with E-state index in [0.717, 1.165) is 31.2 Å². The van der Waals surface area contributed by atoms with Gasteiger partial charge in [-0.2, -0.15) is 5.48 Å². The van der Waals surface area contributed by atoms with Gasteiger partial charge in [0.1, 0.15) is 0 Å². The van der Waals surface area contributed by atoms with Gasteiger partial charge >= 0.3 is 5.97 Å². The van der Waals surface area contributed by atoms with Crippen molar-refractivity contribution in [1.82, 2.24) is 11.0 Å². The number of rotatable bonds is 12. The number of allylic oxidation sites excluding steroid dienone is 1. The zero-order chi connectivity index (χ0) is 24.1. The van der Waals surface area contributed by atoms with Crippen molar-refractivity contribution >= 4 is 17.8 Å². The molecule has 1 aliphatic carbocycles. The number of carbonyl (C=O) groups excluding carboxylic acids is 3. The van der Waals surface area contributed by atoms with Crippen LogP contribution in [0.15, 0.2) is 43.0 Å². The van der Waals surface area contributed by atoms with E-state index in [2.05, 4.69) is 17.5 Å². The highest BCUT2D eigenvalue weighted by atomic mass is 16.7. The molecule has 2 atom stereocenters. The molecule has 1 fully saturated rings. The third-order valence-corrected chi connectivity index (χ3v) is 5.91. The monoisotopic (exact) mass is 458 g/mol. The van der Waals surface area contributed by atoms with Crippen LogP contribution in [0.1, 0.15) is 70.8 Å². The Morgan fingerprint density at radius 1 is 1.03 bits per heavy atom. The number of amides is 2. The first-order valence-electron chi connectivity index (χ1n) is 12.0. The van der Waals surface area contributed by atoms with Crippen LogP contribution in [0.2, 0.25) is 0 Å². The van der Waals surface area contributed by atoms with E-state index in [4.69, 9.17) is 9.68 Å². The zero-order valence-electron chi connectivity index (χ0n) is 19.9. The number of aryl methyl sites for hydroxylation is 1. The molecule has 1 saturated carbocycles. The molecule has 0 heterocycles. The molecule has 1 aromatic carbocycles. The summed E-state index contributed by atoms with van der Waals surface area (Å²) in [4.78, 5) is 48.6. The van der Waals surface area contributed by atoms with Crippen molar-refractivity contribution in [2.24, 2.45) is 17.8 Å². The van der Waals surface area contributed by atoms with Crippen LogP contribution in [0.3, 0.4) is 0 Å². The highest BCUT2D eigenvalue weighted by Crippen LogP contribution is 2.26. The Bertz CT molecular complexity index is 759. The minimum atomic E-state index is -0.681. The fraction of sp³-hybridized carbons (Fsp3) is 0.577. The normalized spacial score (nSPS) is 16.0. The Hall–Kier alpha value is -2.67. The minimum Gasteiger partial charge on any atom is -0.341 e. The first-order chi connectivity index (χ1) is 15.9. The molecule has 33 heavy (non-hydrogen) atoms. The van der Waals surface area contributed by atoms with Crippen LogP contribution in [-0.2, 0) is 30.5 Å². The predicted octanol–water partition coefficient (Wildman–Crippen LogP) is 4.43. The molecule has 1 aromatic rings. The molecule has 0 saturated heterocycles. The molecule has 7 heteroatoms. The van der Waals surface area contributed by atoms with Gasteiger partial charge in [-0.25, -0.2) is 10.3 Å². The average molecular weight is 459 g/mol. The molecule has 0 radical (unpaired) electrons. The predicted molar refractivity (Wildman–Crippen MR) is 126 cm³/mol. The molecule has 0 aliphatic heterocycles. The van der Waals surface area contributed by atoms with Gasteiger partial charge in [0.25, 0.3) is 5.91 Å². The summed E-state index contributed by atoms with van der Waals surface area (Å²) in [5, 5.41) is 0. The maximum atomic E-state index is 12.9. The molecular weight excluding hydrogens is 420 g/mol. The SMILES string of the molecule is C=CC[C@H](C(=O)NOC1CCCCC1)[C@@H](CC(C)C)C(=O)NOC(=O)CCc1ccccc1. The third kappa shape index (κ3) is 9.78. The number of benzene rings is 1. The van der Waals surface area contributed by atoms with Gasteiger partial charge in [0.2, 0.25) is 5.91 Å². The summed E-state index contributed by atoms with van der Waals surface area (Å²) in [7, 11) is 0. The number of hydrogen-bond donors (Lipinski definition) is 2. The molecule has 2 amide bonds. The van der Waals surface area contributed by atoms with Crippen molar-refractivity contribution in [1.29, 1.82) is 0 Å².